The van der Waals surface area contributed by atoms with E-state index in [1.165, 1.54) is 83.3 Å². The molecule has 3 heteroatoms. The summed E-state index contributed by atoms with van der Waals surface area (Å²) in [5.41, 5.74) is 3.93. The smallest absolute Gasteiger partial charge is 0.168 e. The van der Waals surface area contributed by atoms with E-state index in [-0.39, 0.29) is 11.6 Å². The van der Waals surface area contributed by atoms with Crippen LogP contribution in [0.25, 0.3) is 11.1 Å². The first-order chi connectivity index (χ1) is 16.6. The van der Waals surface area contributed by atoms with Crippen LogP contribution in [0.3, 0.4) is 0 Å². The highest BCUT2D eigenvalue weighted by molar-refractivity contribution is 5.77. The van der Waals surface area contributed by atoms with Gasteiger partial charge >= 0.3 is 0 Å². The van der Waals surface area contributed by atoms with Crippen molar-refractivity contribution in [2.24, 2.45) is 5.92 Å². The van der Waals surface area contributed by atoms with Gasteiger partial charge in [0.15, 0.2) is 11.6 Å². The van der Waals surface area contributed by atoms with Crippen molar-refractivity contribution < 1.29 is 9.13 Å². The summed E-state index contributed by atoms with van der Waals surface area (Å²) in [6.07, 6.45) is 16.1. The molecule has 2 aromatic rings. The van der Waals surface area contributed by atoms with E-state index in [4.69, 9.17) is 4.74 Å². The molecule has 1 saturated carbocycles. The molecule has 2 aromatic carbocycles. The molecule has 0 N–H and O–H groups in total. The van der Waals surface area contributed by atoms with E-state index in [1.54, 1.807) is 0 Å². The molecule has 0 atom stereocenters. The second-order valence-electron chi connectivity index (χ2n) is 10.1. The minimum atomic E-state index is -0.307. The molecule has 1 fully saturated rings. The predicted octanol–water partition coefficient (Wildman–Crippen LogP) is 9.35. The highest BCUT2D eigenvalue weighted by atomic mass is 19.1. The number of benzene rings is 2. The third-order valence-corrected chi connectivity index (χ3v) is 7.64. The van der Waals surface area contributed by atoms with Gasteiger partial charge in [-0.25, -0.2) is 4.39 Å². The number of hydrogen-bond acceptors (Lipinski definition) is 2. The van der Waals surface area contributed by atoms with Gasteiger partial charge in [0, 0.05) is 11.1 Å². The lowest BCUT2D eigenvalue weighted by atomic mass is 9.76. The molecule has 34 heavy (non-hydrogen) atoms. The third-order valence-electron chi connectivity index (χ3n) is 7.64. The zero-order chi connectivity index (χ0) is 24.3. The second kappa shape index (κ2) is 13.5. The first-order valence-electron chi connectivity index (χ1n) is 13.5. The molecule has 184 valence electrons. The minimum Gasteiger partial charge on any atom is -0.493 e. The normalized spacial score (nSPS) is 18.0. The van der Waals surface area contributed by atoms with E-state index in [0.717, 1.165) is 17.9 Å². The first-order valence-corrected chi connectivity index (χ1v) is 13.5. The summed E-state index contributed by atoms with van der Waals surface area (Å²) in [6, 6.07) is 12.3. The Morgan fingerprint density at radius 2 is 1.62 bits per heavy atom. The molecule has 0 saturated heterocycles. The number of aryl methyl sites for hydroxylation is 1. The van der Waals surface area contributed by atoms with Gasteiger partial charge in [-0.3, -0.25) is 0 Å². The van der Waals surface area contributed by atoms with E-state index in [2.05, 4.69) is 19.1 Å². The quantitative estimate of drug-likeness (QED) is 0.294. The monoisotopic (exact) mass is 463 g/mol. The van der Waals surface area contributed by atoms with Crippen LogP contribution >= 0.6 is 0 Å². The third kappa shape index (κ3) is 6.62. The fourth-order valence-corrected chi connectivity index (χ4v) is 5.61. The van der Waals surface area contributed by atoms with Crippen molar-refractivity contribution in [2.75, 3.05) is 7.11 Å². The Morgan fingerprint density at radius 3 is 2.29 bits per heavy atom. The molecule has 3 rings (SSSR count). The Labute approximate surface area is 206 Å². The van der Waals surface area contributed by atoms with Gasteiger partial charge in [0.25, 0.3) is 0 Å². The van der Waals surface area contributed by atoms with Crippen LogP contribution in [0.15, 0.2) is 30.3 Å². The minimum absolute atomic E-state index is 0.241. The summed E-state index contributed by atoms with van der Waals surface area (Å²) in [4.78, 5) is 0. The summed E-state index contributed by atoms with van der Waals surface area (Å²) in [7, 11) is 1.50. The molecule has 0 unspecified atom stereocenters. The SMILES string of the molecule is CCCCCCCCC1CCC(c2ccc(-c3ccc(CCC)c(F)c3OC)c(C#N)c2)CC1. The molecule has 1 aliphatic carbocycles. The van der Waals surface area contributed by atoms with Crippen LogP contribution in [0.5, 0.6) is 5.75 Å². The molecule has 0 spiro atoms. The Balaban J connectivity index is 1.66. The fraction of sp³-hybridized carbons (Fsp3) is 0.581. The van der Waals surface area contributed by atoms with Crippen molar-refractivity contribution >= 4 is 0 Å². The Kier molecular flexibility index (Phi) is 10.4. The van der Waals surface area contributed by atoms with Crippen LogP contribution < -0.4 is 4.74 Å². The number of nitriles is 1. The van der Waals surface area contributed by atoms with E-state index in [0.29, 0.717) is 29.0 Å². The average Bonchev–Trinajstić information content (AvgIpc) is 2.87. The Morgan fingerprint density at radius 1 is 0.912 bits per heavy atom. The summed E-state index contributed by atoms with van der Waals surface area (Å²) >= 11 is 0. The van der Waals surface area contributed by atoms with E-state index in [1.807, 2.05) is 31.2 Å². The van der Waals surface area contributed by atoms with Crippen LogP contribution in [0.4, 0.5) is 4.39 Å². The molecule has 0 amide bonds. The molecule has 2 nitrogen and oxygen atoms in total. The van der Waals surface area contributed by atoms with Crippen molar-refractivity contribution in [3.8, 4) is 22.9 Å². The number of unbranched alkanes of at least 4 members (excludes halogenated alkanes) is 5. The molecular formula is C31H42FNO. The summed E-state index contributed by atoms with van der Waals surface area (Å²) in [5, 5.41) is 9.91. The van der Waals surface area contributed by atoms with E-state index < -0.39 is 0 Å². The molecule has 0 bridgehead atoms. The van der Waals surface area contributed by atoms with E-state index in [9.17, 15) is 5.26 Å². The van der Waals surface area contributed by atoms with Crippen molar-refractivity contribution in [1.82, 2.24) is 0 Å². The summed E-state index contributed by atoms with van der Waals surface area (Å²) < 4.78 is 20.5. The number of ether oxygens (including phenoxy) is 1. The van der Waals surface area contributed by atoms with Gasteiger partial charge in [-0.1, -0.05) is 89.5 Å². The molecule has 0 aliphatic heterocycles. The molecule has 0 heterocycles. The Hall–Kier alpha value is -2.34. The lowest BCUT2D eigenvalue weighted by Crippen LogP contribution is -2.13. The molecule has 1 aliphatic rings. The van der Waals surface area contributed by atoms with Gasteiger partial charge in [-0.15, -0.1) is 0 Å². The van der Waals surface area contributed by atoms with Crippen molar-refractivity contribution in [3.63, 3.8) is 0 Å². The van der Waals surface area contributed by atoms with Crippen molar-refractivity contribution in [3.05, 3.63) is 52.8 Å². The standard InChI is InChI=1S/C31H42FNO/c1-4-6-7-8-9-10-12-23-13-15-24(16-14-23)26-18-19-28(27(21-26)22-33)29-20-17-25(11-5-2)30(32)31(29)34-3/h17-21,23-24H,4-16H2,1-3H3. The maximum absolute atomic E-state index is 15.0. The predicted molar refractivity (Wildman–Crippen MR) is 140 cm³/mol. The zero-order valence-electron chi connectivity index (χ0n) is 21.5. The zero-order valence-corrected chi connectivity index (χ0v) is 21.5. The summed E-state index contributed by atoms with van der Waals surface area (Å²) in [6.45, 7) is 4.31. The first kappa shape index (κ1) is 26.3. The summed E-state index contributed by atoms with van der Waals surface area (Å²) in [5.74, 6) is 1.32. The second-order valence-corrected chi connectivity index (χ2v) is 10.1. The topological polar surface area (TPSA) is 33.0 Å². The molecule has 0 aromatic heterocycles. The van der Waals surface area contributed by atoms with Crippen molar-refractivity contribution in [2.45, 2.75) is 103 Å². The van der Waals surface area contributed by atoms with Gasteiger partial charge in [0.1, 0.15) is 0 Å². The van der Waals surface area contributed by atoms with Crippen LogP contribution in [0.2, 0.25) is 0 Å². The van der Waals surface area contributed by atoms with Crippen LogP contribution in [0.1, 0.15) is 114 Å². The lowest BCUT2D eigenvalue weighted by molar-refractivity contribution is 0.302. The highest BCUT2D eigenvalue weighted by Crippen LogP contribution is 2.41. The average molecular weight is 464 g/mol. The van der Waals surface area contributed by atoms with Gasteiger partial charge in [-0.05, 0) is 61.1 Å². The van der Waals surface area contributed by atoms with Gasteiger partial charge in [-0.2, -0.15) is 5.26 Å². The number of methoxy groups -OCH3 is 1. The largest absolute Gasteiger partial charge is 0.493 e. The number of nitrogens with zero attached hydrogens (tertiary/aromatic N) is 1. The number of halogens is 1. The van der Waals surface area contributed by atoms with Gasteiger partial charge in [0.2, 0.25) is 0 Å². The maximum atomic E-state index is 15.0. The van der Waals surface area contributed by atoms with Crippen LogP contribution in [-0.2, 0) is 6.42 Å². The number of rotatable bonds is 12. The van der Waals surface area contributed by atoms with Gasteiger partial charge in [0.05, 0.1) is 18.7 Å². The lowest BCUT2D eigenvalue weighted by Gasteiger charge is -2.29. The molecular weight excluding hydrogens is 421 g/mol. The van der Waals surface area contributed by atoms with Crippen LogP contribution in [-0.4, -0.2) is 7.11 Å². The van der Waals surface area contributed by atoms with E-state index >= 15 is 4.39 Å². The van der Waals surface area contributed by atoms with Crippen molar-refractivity contribution in [1.29, 1.82) is 5.26 Å². The molecule has 0 radical (unpaired) electrons. The van der Waals surface area contributed by atoms with Gasteiger partial charge < -0.3 is 4.74 Å². The highest BCUT2D eigenvalue weighted by Gasteiger charge is 2.24. The fourth-order valence-electron chi connectivity index (χ4n) is 5.61. The Bertz CT molecular complexity index is 953. The number of hydrogen-bond donors (Lipinski definition) is 0. The maximum Gasteiger partial charge on any atom is 0.168 e. The van der Waals surface area contributed by atoms with Crippen LogP contribution in [0, 0.1) is 23.1 Å².